The Bertz CT molecular complexity index is 827. The predicted molar refractivity (Wildman–Crippen MR) is 102 cm³/mol. The molecule has 7 nitrogen and oxygen atoms in total. The van der Waals surface area contributed by atoms with Gasteiger partial charge in [-0.15, -0.1) is 0 Å². The van der Waals surface area contributed by atoms with Crippen LogP contribution in [0.15, 0.2) is 18.2 Å². The molecule has 7 heteroatoms. The first-order valence-electron chi connectivity index (χ1n) is 10.3. The van der Waals surface area contributed by atoms with Crippen molar-refractivity contribution in [1.82, 2.24) is 20.4 Å². The third kappa shape index (κ3) is 3.02. The second-order valence-electron chi connectivity index (χ2n) is 8.56. The van der Waals surface area contributed by atoms with Gasteiger partial charge in [0.05, 0.1) is 0 Å². The third-order valence-electron chi connectivity index (χ3n) is 6.78. The topological polar surface area (TPSA) is 81.8 Å². The van der Waals surface area contributed by atoms with Crippen molar-refractivity contribution in [3.63, 3.8) is 0 Å². The Kier molecular flexibility index (Phi) is 4.44. The molecule has 5 rings (SSSR count). The van der Waals surface area contributed by atoms with Crippen molar-refractivity contribution in [2.75, 3.05) is 26.2 Å². The first kappa shape index (κ1) is 17.8. The average Bonchev–Trinajstić information content (AvgIpc) is 3.27. The van der Waals surface area contributed by atoms with Crippen molar-refractivity contribution in [3.8, 4) is 0 Å². The summed E-state index contributed by atoms with van der Waals surface area (Å²) in [5, 5.41) is 5.81. The maximum Gasteiger partial charge on any atom is 0.255 e. The fraction of sp³-hybridized carbons (Fsp3) is 0.571. The molecule has 0 spiro atoms. The number of carbonyl (C=O) groups excluding carboxylic acids is 3. The zero-order valence-corrected chi connectivity index (χ0v) is 15.9. The van der Waals surface area contributed by atoms with E-state index < -0.39 is 6.04 Å². The van der Waals surface area contributed by atoms with E-state index in [2.05, 4.69) is 15.5 Å². The lowest BCUT2D eigenvalue weighted by molar-refractivity contribution is -0.136. The van der Waals surface area contributed by atoms with E-state index in [9.17, 15) is 14.4 Å². The van der Waals surface area contributed by atoms with Crippen molar-refractivity contribution in [1.29, 1.82) is 0 Å². The van der Waals surface area contributed by atoms with Gasteiger partial charge in [-0.25, -0.2) is 0 Å². The highest BCUT2D eigenvalue weighted by molar-refractivity contribution is 6.05. The Labute approximate surface area is 164 Å². The Hall–Kier alpha value is -2.25. The van der Waals surface area contributed by atoms with E-state index in [0.29, 0.717) is 13.0 Å². The average molecular weight is 382 g/mol. The Balaban J connectivity index is 1.28. The number of hydrogen-bond donors (Lipinski definition) is 2. The van der Waals surface area contributed by atoms with Gasteiger partial charge in [0.1, 0.15) is 6.04 Å². The van der Waals surface area contributed by atoms with Gasteiger partial charge < -0.3 is 10.2 Å². The highest BCUT2D eigenvalue weighted by Crippen LogP contribution is 2.33. The Morgan fingerprint density at radius 2 is 1.93 bits per heavy atom. The fourth-order valence-electron chi connectivity index (χ4n) is 5.18. The van der Waals surface area contributed by atoms with Gasteiger partial charge in [0.2, 0.25) is 11.8 Å². The van der Waals surface area contributed by atoms with E-state index in [4.69, 9.17) is 0 Å². The monoisotopic (exact) mass is 382 g/mol. The highest BCUT2D eigenvalue weighted by Gasteiger charge is 2.41. The molecule has 0 aromatic heterocycles. The van der Waals surface area contributed by atoms with Crippen molar-refractivity contribution in [3.05, 3.63) is 34.9 Å². The minimum Gasteiger partial charge on any atom is -0.322 e. The van der Waals surface area contributed by atoms with Crippen molar-refractivity contribution >= 4 is 17.7 Å². The quantitative estimate of drug-likeness (QED) is 0.741. The molecule has 3 fully saturated rings. The lowest BCUT2D eigenvalue weighted by Crippen LogP contribution is -2.52. The molecule has 4 heterocycles. The van der Waals surface area contributed by atoms with Gasteiger partial charge in [0, 0.05) is 38.2 Å². The number of fused-ring (bicyclic) bond motifs is 1. The summed E-state index contributed by atoms with van der Waals surface area (Å²) in [4.78, 5) is 40.8. The van der Waals surface area contributed by atoms with Crippen LogP contribution in [-0.4, -0.2) is 59.7 Å². The molecule has 2 unspecified atom stereocenters. The molecule has 2 atom stereocenters. The van der Waals surface area contributed by atoms with E-state index in [-0.39, 0.29) is 24.1 Å². The van der Waals surface area contributed by atoms with Gasteiger partial charge in [-0.05, 0) is 48.9 Å². The van der Waals surface area contributed by atoms with Crippen LogP contribution < -0.4 is 10.6 Å². The summed E-state index contributed by atoms with van der Waals surface area (Å²) in [6.45, 7) is 5.71. The van der Waals surface area contributed by atoms with Crippen LogP contribution >= 0.6 is 0 Å². The molecule has 2 N–H and O–H groups in total. The standard InChI is InChI=1S/C21H26N4O3/c26-18-5-4-17(20(27)23-18)25-12-15-3-1-2-14(19(15)21(25)28)9-24-10-16(11-24)13-6-7-22-8-13/h1-3,13,16-17,22H,4-12H2,(H,23,26,27). The van der Waals surface area contributed by atoms with Crippen LogP contribution in [0.4, 0.5) is 0 Å². The first-order valence-corrected chi connectivity index (χ1v) is 10.3. The van der Waals surface area contributed by atoms with Crippen LogP contribution in [0.3, 0.4) is 0 Å². The van der Waals surface area contributed by atoms with Gasteiger partial charge in [0.15, 0.2) is 0 Å². The smallest absolute Gasteiger partial charge is 0.255 e. The second kappa shape index (κ2) is 6.97. The normalized spacial score (nSPS) is 28.4. The number of rotatable bonds is 4. The van der Waals surface area contributed by atoms with Gasteiger partial charge >= 0.3 is 0 Å². The molecule has 0 radical (unpaired) electrons. The van der Waals surface area contributed by atoms with E-state index in [0.717, 1.165) is 61.2 Å². The van der Waals surface area contributed by atoms with Crippen LogP contribution in [0.25, 0.3) is 0 Å². The molecule has 3 amide bonds. The van der Waals surface area contributed by atoms with Crippen LogP contribution in [0.1, 0.15) is 40.7 Å². The minimum atomic E-state index is -0.547. The molecule has 0 saturated carbocycles. The molecular formula is C21H26N4O3. The molecule has 1 aromatic carbocycles. The Morgan fingerprint density at radius 3 is 2.68 bits per heavy atom. The number of nitrogens with one attached hydrogen (secondary N) is 2. The molecule has 28 heavy (non-hydrogen) atoms. The molecule has 4 aliphatic heterocycles. The predicted octanol–water partition coefficient (Wildman–Crippen LogP) is 0.489. The number of piperidine rings is 1. The molecule has 0 aliphatic carbocycles. The van der Waals surface area contributed by atoms with Crippen LogP contribution in [0, 0.1) is 11.8 Å². The second-order valence-corrected chi connectivity index (χ2v) is 8.56. The lowest BCUT2D eigenvalue weighted by atomic mass is 9.84. The Morgan fingerprint density at radius 1 is 1.07 bits per heavy atom. The lowest BCUT2D eigenvalue weighted by Gasteiger charge is -2.42. The van der Waals surface area contributed by atoms with Crippen LogP contribution in [0.5, 0.6) is 0 Å². The fourth-order valence-corrected chi connectivity index (χ4v) is 5.18. The number of carbonyl (C=O) groups is 3. The van der Waals surface area contributed by atoms with E-state index in [1.54, 1.807) is 4.90 Å². The molecule has 1 aromatic rings. The molecular weight excluding hydrogens is 356 g/mol. The van der Waals surface area contributed by atoms with Crippen molar-refractivity contribution in [2.45, 2.75) is 38.4 Å². The first-order chi connectivity index (χ1) is 13.6. The number of imide groups is 1. The summed E-state index contributed by atoms with van der Waals surface area (Å²) in [5.74, 6) is 0.882. The summed E-state index contributed by atoms with van der Waals surface area (Å²) < 4.78 is 0. The summed E-state index contributed by atoms with van der Waals surface area (Å²) in [7, 11) is 0. The van der Waals surface area contributed by atoms with Gasteiger partial charge in [0.25, 0.3) is 5.91 Å². The SMILES string of the molecule is O=C1CCC(N2Cc3cccc(CN4CC(C5CCNC5)C4)c3C2=O)C(=O)N1. The number of hydrogen-bond acceptors (Lipinski definition) is 5. The number of amides is 3. The van der Waals surface area contributed by atoms with E-state index in [1.165, 1.54) is 6.42 Å². The van der Waals surface area contributed by atoms with Crippen LogP contribution in [0.2, 0.25) is 0 Å². The van der Waals surface area contributed by atoms with E-state index in [1.807, 2.05) is 18.2 Å². The third-order valence-corrected chi connectivity index (χ3v) is 6.78. The largest absolute Gasteiger partial charge is 0.322 e. The van der Waals surface area contributed by atoms with E-state index >= 15 is 0 Å². The number of likely N-dealkylation sites (tertiary alicyclic amines) is 1. The van der Waals surface area contributed by atoms with Gasteiger partial charge in [-0.1, -0.05) is 18.2 Å². The minimum absolute atomic E-state index is 0.0721. The summed E-state index contributed by atoms with van der Waals surface area (Å²) in [5.41, 5.74) is 2.81. The zero-order valence-electron chi connectivity index (χ0n) is 15.9. The highest BCUT2D eigenvalue weighted by atomic mass is 16.2. The summed E-state index contributed by atoms with van der Waals surface area (Å²) >= 11 is 0. The van der Waals surface area contributed by atoms with Crippen LogP contribution in [-0.2, 0) is 22.7 Å². The van der Waals surface area contributed by atoms with Crippen molar-refractivity contribution < 1.29 is 14.4 Å². The summed E-state index contributed by atoms with van der Waals surface area (Å²) in [6, 6.07) is 5.47. The number of benzene rings is 1. The molecule has 148 valence electrons. The van der Waals surface area contributed by atoms with Gasteiger partial charge in [-0.3, -0.25) is 24.6 Å². The maximum atomic E-state index is 13.1. The molecule has 3 saturated heterocycles. The summed E-state index contributed by atoms with van der Waals surface area (Å²) in [6.07, 6.45) is 1.97. The molecule has 0 bridgehead atoms. The van der Waals surface area contributed by atoms with Gasteiger partial charge in [-0.2, -0.15) is 0 Å². The van der Waals surface area contributed by atoms with Crippen molar-refractivity contribution in [2.24, 2.45) is 11.8 Å². The zero-order chi connectivity index (χ0) is 19.3. The maximum absolute atomic E-state index is 13.1. The number of nitrogens with zero attached hydrogens (tertiary/aromatic N) is 2. The molecule has 4 aliphatic rings.